The Kier molecular flexibility index (Phi) is 7.02. The minimum atomic E-state index is 0.301. The van der Waals surface area contributed by atoms with Crippen molar-refractivity contribution in [3.63, 3.8) is 0 Å². The zero-order chi connectivity index (χ0) is 13.4. The van der Waals surface area contributed by atoms with Gasteiger partial charge in [0.2, 0.25) is 5.91 Å². The first kappa shape index (κ1) is 15.2. The number of rotatable bonds is 10. The Morgan fingerprint density at radius 2 is 2.17 bits per heavy atom. The molecule has 1 atom stereocenters. The van der Waals surface area contributed by atoms with E-state index in [1.165, 1.54) is 25.7 Å². The second-order valence-corrected chi connectivity index (χ2v) is 5.34. The molecule has 0 bridgehead atoms. The lowest BCUT2D eigenvalue weighted by Crippen LogP contribution is -2.33. The van der Waals surface area contributed by atoms with Crippen LogP contribution in [0.2, 0.25) is 0 Å². The Morgan fingerprint density at radius 1 is 1.44 bits per heavy atom. The predicted octanol–water partition coefficient (Wildman–Crippen LogP) is 2.71. The van der Waals surface area contributed by atoms with E-state index in [9.17, 15) is 4.79 Å². The molecule has 0 aromatic heterocycles. The van der Waals surface area contributed by atoms with E-state index >= 15 is 0 Å². The van der Waals surface area contributed by atoms with E-state index in [1.807, 2.05) is 11.0 Å². The first-order chi connectivity index (χ1) is 8.72. The summed E-state index contributed by atoms with van der Waals surface area (Å²) in [5.74, 6) is 0.921. The van der Waals surface area contributed by atoms with Gasteiger partial charge in [-0.15, -0.1) is 6.58 Å². The van der Waals surface area contributed by atoms with Crippen LogP contribution in [0, 0.1) is 5.92 Å². The molecule has 3 heteroatoms. The van der Waals surface area contributed by atoms with Gasteiger partial charge in [-0.05, 0) is 38.1 Å². The minimum absolute atomic E-state index is 0.301. The molecule has 1 rings (SSSR count). The van der Waals surface area contributed by atoms with Gasteiger partial charge in [-0.1, -0.05) is 25.8 Å². The zero-order valence-electron chi connectivity index (χ0n) is 11.7. The van der Waals surface area contributed by atoms with E-state index in [2.05, 4.69) is 13.5 Å². The van der Waals surface area contributed by atoms with Gasteiger partial charge < -0.3 is 10.6 Å². The summed E-state index contributed by atoms with van der Waals surface area (Å²) in [4.78, 5) is 14.2. The van der Waals surface area contributed by atoms with E-state index in [-0.39, 0.29) is 0 Å². The van der Waals surface area contributed by atoms with Gasteiger partial charge in [0.05, 0.1) is 0 Å². The molecule has 3 nitrogen and oxygen atoms in total. The minimum Gasteiger partial charge on any atom is -0.336 e. The lowest BCUT2D eigenvalue weighted by Gasteiger charge is -2.22. The van der Waals surface area contributed by atoms with Crippen LogP contribution < -0.4 is 5.73 Å². The molecular formula is C15H28N2O. The van der Waals surface area contributed by atoms with Crippen molar-refractivity contribution in [2.45, 2.75) is 57.9 Å². The normalized spacial score (nSPS) is 16.3. The van der Waals surface area contributed by atoms with Gasteiger partial charge >= 0.3 is 0 Å². The number of nitrogens with zero attached hydrogens (tertiary/aromatic N) is 1. The third-order valence-corrected chi connectivity index (χ3v) is 3.67. The predicted molar refractivity (Wildman–Crippen MR) is 76.2 cm³/mol. The van der Waals surface area contributed by atoms with Gasteiger partial charge in [-0.25, -0.2) is 0 Å². The second kappa shape index (κ2) is 8.30. The van der Waals surface area contributed by atoms with Crippen LogP contribution in [0.25, 0.3) is 0 Å². The Labute approximate surface area is 111 Å². The summed E-state index contributed by atoms with van der Waals surface area (Å²) < 4.78 is 0. The number of hydrogen-bond acceptors (Lipinski definition) is 2. The van der Waals surface area contributed by atoms with Crippen LogP contribution in [0.4, 0.5) is 0 Å². The maximum absolute atomic E-state index is 12.2. The molecule has 1 amide bonds. The Morgan fingerprint density at radius 3 is 2.67 bits per heavy atom. The average molecular weight is 252 g/mol. The molecule has 104 valence electrons. The molecule has 1 aliphatic rings. The third-order valence-electron chi connectivity index (χ3n) is 3.67. The summed E-state index contributed by atoms with van der Waals surface area (Å²) in [6.07, 6.45) is 9.25. The third kappa shape index (κ3) is 5.21. The molecule has 0 heterocycles. The van der Waals surface area contributed by atoms with Crippen molar-refractivity contribution < 1.29 is 4.79 Å². The standard InChI is InChI=1S/C15H28N2O/c1-3-5-13(10-11-16)6-9-15(18)17(12-4-2)14-7-8-14/h4,13-14H,2-3,5-12,16H2,1H3. The summed E-state index contributed by atoms with van der Waals surface area (Å²) in [5, 5.41) is 0. The van der Waals surface area contributed by atoms with Crippen molar-refractivity contribution in [2.75, 3.05) is 13.1 Å². The van der Waals surface area contributed by atoms with Crippen LogP contribution in [0.5, 0.6) is 0 Å². The van der Waals surface area contributed by atoms with Crippen molar-refractivity contribution in [3.05, 3.63) is 12.7 Å². The Bertz CT molecular complexity index is 255. The van der Waals surface area contributed by atoms with Crippen LogP contribution in [0.1, 0.15) is 51.9 Å². The maximum Gasteiger partial charge on any atom is 0.223 e. The molecule has 0 spiro atoms. The smallest absolute Gasteiger partial charge is 0.223 e. The number of carbonyl (C=O) groups is 1. The van der Waals surface area contributed by atoms with Crippen LogP contribution >= 0.6 is 0 Å². The van der Waals surface area contributed by atoms with Crippen LogP contribution in [0.3, 0.4) is 0 Å². The number of amides is 1. The lowest BCUT2D eigenvalue weighted by molar-refractivity contribution is -0.131. The first-order valence-electron chi connectivity index (χ1n) is 7.33. The summed E-state index contributed by atoms with van der Waals surface area (Å²) in [6, 6.07) is 0.495. The molecule has 0 aromatic carbocycles. The number of hydrogen-bond donors (Lipinski definition) is 1. The molecule has 0 saturated heterocycles. The van der Waals surface area contributed by atoms with Crippen LogP contribution in [0.15, 0.2) is 12.7 Å². The van der Waals surface area contributed by atoms with Gasteiger partial charge in [-0.2, -0.15) is 0 Å². The SMILES string of the molecule is C=CCN(C(=O)CCC(CCC)CCN)C1CC1. The van der Waals surface area contributed by atoms with Crippen LogP contribution in [-0.2, 0) is 4.79 Å². The average Bonchev–Trinajstić information content (AvgIpc) is 3.17. The largest absolute Gasteiger partial charge is 0.336 e. The molecule has 2 N–H and O–H groups in total. The van der Waals surface area contributed by atoms with E-state index in [0.29, 0.717) is 30.8 Å². The fraction of sp³-hybridized carbons (Fsp3) is 0.800. The molecule has 0 aromatic rings. The van der Waals surface area contributed by atoms with Crippen molar-refractivity contribution >= 4 is 5.91 Å². The van der Waals surface area contributed by atoms with Crippen LogP contribution in [-0.4, -0.2) is 29.9 Å². The summed E-state index contributed by atoms with van der Waals surface area (Å²) in [7, 11) is 0. The number of nitrogens with two attached hydrogens (primary N) is 1. The summed E-state index contributed by atoms with van der Waals surface area (Å²) >= 11 is 0. The zero-order valence-corrected chi connectivity index (χ0v) is 11.7. The highest BCUT2D eigenvalue weighted by Crippen LogP contribution is 2.28. The molecule has 0 radical (unpaired) electrons. The highest BCUT2D eigenvalue weighted by atomic mass is 16.2. The van der Waals surface area contributed by atoms with Crippen molar-refractivity contribution in [1.82, 2.24) is 4.90 Å². The topological polar surface area (TPSA) is 46.3 Å². The van der Waals surface area contributed by atoms with E-state index in [1.54, 1.807) is 0 Å². The second-order valence-electron chi connectivity index (χ2n) is 5.34. The molecule has 18 heavy (non-hydrogen) atoms. The van der Waals surface area contributed by atoms with Gasteiger partial charge in [0.1, 0.15) is 0 Å². The van der Waals surface area contributed by atoms with E-state index in [4.69, 9.17) is 5.73 Å². The van der Waals surface area contributed by atoms with E-state index in [0.717, 1.165) is 19.4 Å². The molecule has 0 aliphatic heterocycles. The van der Waals surface area contributed by atoms with Gasteiger partial charge in [0.25, 0.3) is 0 Å². The highest BCUT2D eigenvalue weighted by Gasteiger charge is 2.31. The Balaban J connectivity index is 2.34. The monoisotopic (exact) mass is 252 g/mol. The van der Waals surface area contributed by atoms with Gasteiger partial charge in [-0.3, -0.25) is 4.79 Å². The quantitative estimate of drug-likeness (QED) is 0.608. The fourth-order valence-corrected chi connectivity index (χ4v) is 2.53. The molecule has 1 aliphatic carbocycles. The van der Waals surface area contributed by atoms with Crippen molar-refractivity contribution in [1.29, 1.82) is 0 Å². The summed E-state index contributed by atoms with van der Waals surface area (Å²) in [6.45, 7) is 7.37. The fourth-order valence-electron chi connectivity index (χ4n) is 2.53. The molecule has 1 fully saturated rings. The summed E-state index contributed by atoms with van der Waals surface area (Å²) in [5.41, 5.74) is 5.62. The highest BCUT2D eigenvalue weighted by molar-refractivity contribution is 5.77. The number of carbonyl (C=O) groups excluding carboxylic acids is 1. The Hall–Kier alpha value is -0.830. The molecular weight excluding hydrogens is 224 g/mol. The van der Waals surface area contributed by atoms with E-state index < -0.39 is 0 Å². The van der Waals surface area contributed by atoms with Crippen molar-refractivity contribution in [3.8, 4) is 0 Å². The van der Waals surface area contributed by atoms with Crippen molar-refractivity contribution in [2.24, 2.45) is 11.7 Å². The lowest BCUT2D eigenvalue weighted by atomic mass is 9.94. The molecule has 1 unspecified atom stereocenters. The van der Waals surface area contributed by atoms with Gasteiger partial charge in [0, 0.05) is 19.0 Å². The maximum atomic E-state index is 12.2. The molecule has 1 saturated carbocycles. The van der Waals surface area contributed by atoms with Gasteiger partial charge in [0.15, 0.2) is 0 Å². The first-order valence-corrected chi connectivity index (χ1v) is 7.33.